The van der Waals surface area contributed by atoms with Crippen LogP contribution in [0.15, 0.2) is 36.8 Å². The number of benzene rings is 1. The molecule has 1 aliphatic rings. The van der Waals surface area contributed by atoms with Crippen LogP contribution in [0.1, 0.15) is 35.7 Å². The molecule has 2 heterocycles. The van der Waals surface area contributed by atoms with Gasteiger partial charge in [-0.1, -0.05) is 34.8 Å². The molecule has 0 saturated heterocycles. The van der Waals surface area contributed by atoms with E-state index >= 15 is 0 Å². The standard InChI is InChI=1S/C25H19Cl3F7N5O2/c1-3-38(2)22(42)40(15-4-5-15)21(41)16-6-12(9-36-20(16)28)13-10-37-39(11-13)19-17(26)7-14(8-18(19)27)23(29,24(30,31)32)25(33,34)35/h6-11,15H,3-5H2,1-2H3. The highest BCUT2D eigenvalue weighted by Crippen LogP contribution is 2.54. The van der Waals surface area contributed by atoms with E-state index in [1.165, 1.54) is 36.6 Å². The Kier molecular flexibility index (Phi) is 8.48. The van der Waals surface area contributed by atoms with Gasteiger partial charge in [-0.2, -0.15) is 31.4 Å². The number of alkyl halides is 7. The summed E-state index contributed by atoms with van der Waals surface area (Å²) < 4.78 is 94.8. The fourth-order valence-corrected chi connectivity index (χ4v) is 4.86. The van der Waals surface area contributed by atoms with Gasteiger partial charge in [0.2, 0.25) is 0 Å². The minimum atomic E-state index is -6.36. The van der Waals surface area contributed by atoms with Crippen LogP contribution in [0.25, 0.3) is 16.8 Å². The molecule has 226 valence electrons. The van der Waals surface area contributed by atoms with E-state index in [1.54, 1.807) is 6.92 Å². The Labute approximate surface area is 248 Å². The molecule has 42 heavy (non-hydrogen) atoms. The average molecular weight is 661 g/mol. The third kappa shape index (κ3) is 5.63. The van der Waals surface area contributed by atoms with E-state index in [4.69, 9.17) is 34.8 Å². The van der Waals surface area contributed by atoms with Gasteiger partial charge in [-0.05, 0) is 38.0 Å². The van der Waals surface area contributed by atoms with Crippen LogP contribution >= 0.6 is 34.8 Å². The molecular weight excluding hydrogens is 642 g/mol. The summed E-state index contributed by atoms with van der Waals surface area (Å²) in [5.41, 5.74) is -7.51. The van der Waals surface area contributed by atoms with Crippen molar-refractivity contribution in [3.63, 3.8) is 0 Å². The molecule has 0 aliphatic heterocycles. The van der Waals surface area contributed by atoms with Gasteiger partial charge >= 0.3 is 24.1 Å². The Bertz CT molecular complexity index is 1500. The second-order valence-corrected chi connectivity index (χ2v) is 10.6. The number of hydrogen-bond donors (Lipinski definition) is 0. The van der Waals surface area contributed by atoms with Crippen molar-refractivity contribution in [1.82, 2.24) is 24.6 Å². The molecule has 3 amide bonds. The summed E-state index contributed by atoms with van der Waals surface area (Å²) in [5, 5.41) is 2.30. The first-order valence-corrected chi connectivity index (χ1v) is 13.2. The number of pyridine rings is 1. The molecule has 0 atom stereocenters. The number of carbonyl (C=O) groups is 2. The number of halogens is 10. The van der Waals surface area contributed by atoms with Gasteiger partial charge in [-0.3, -0.25) is 9.69 Å². The third-order valence-corrected chi connectivity index (χ3v) is 7.43. The Morgan fingerprint density at radius 3 is 2.02 bits per heavy atom. The maximum absolute atomic E-state index is 14.6. The van der Waals surface area contributed by atoms with Crippen molar-refractivity contribution in [2.45, 2.75) is 43.8 Å². The first-order valence-electron chi connectivity index (χ1n) is 12.0. The predicted molar refractivity (Wildman–Crippen MR) is 140 cm³/mol. The van der Waals surface area contributed by atoms with E-state index in [0.29, 0.717) is 19.4 Å². The molecule has 0 spiro atoms. The van der Waals surface area contributed by atoms with Crippen LogP contribution in [-0.4, -0.2) is 68.5 Å². The van der Waals surface area contributed by atoms with Crippen molar-refractivity contribution in [2.75, 3.05) is 13.6 Å². The van der Waals surface area contributed by atoms with Gasteiger partial charge in [0.1, 0.15) is 10.8 Å². The summed E-state index contributed by atoms with van der Waals surface area (Å²) >= 11 is 18.2. The van der Waals surface area contributed by atoms with Crippen molar-refractivity contribution in [3.8, 4) is 16.8 Å². The molecule has 0 N–H and O–H groups in total. The van der Waals surface area contributed by atoms with Crippen LogP contribution in [0.5, 0.6) is 0 Å². The molecular formula is C25H19Cl3F7N5O2. The van der Waals surface area contributed by atoms with Crippen molar-refractivity contribution in [1.29, 1.82) is 0 Å². The summed E-state index contributed by atoms with van der Waals surface area (Å²) in [6.07, 6.45) is -7.72. The van der Waals surface area contributed by atoms with E-state index in [-0.39, 0.29) is 45.7 Å². The van der Waals surface area contributed by atoms with E-state index < -0.39 is 45.6 Å². The highest BCUT2D eigenvalue weighted by atomic mass is 35.5. The SMILES string of the molecule is CCN(C)C(=O)N(C(=O)c1cc(-c2cnn(-c3c(Cl)cc(C(F)(C(F)(F)F)C(F)(F)F)cc3Cl)c2)cnc1Cl)C1CC1. The number of aromatic nitrogens is 3. The number of imide groups is 1. The first kappa shape index (κ1) is 31.8. The van der Waals surface area contributed by atoms with Crippen molar-refractivity contribution in [2.24, 2.45) is 0 Å². The zero-order valence-corrected chi connectivity index (χ0v) is 23.8. The maximum Gasteiger partial charge on any atom is 0.435 e. The highest BCUT2D eigenvalue weighted by molar-refractivity contribution is 6.38. The van der Waals surface area contributed by atoms with Crippen molar-refractivity contribution < 1.29 is 40.3 Å². The largest absolute Gasteiger partial charge is 0.435 e. The van der Waals surface area contributed by atoms with Gasteiger partial charge in [0.15, 0.2) is 0 Å². The van der Waals surface area contributed by atoms with Gasteiger partial charge in [0.05, 0.1) is 21.8 Å². The van der Waals surface area contributed by atoms with E-state index in [9.17, 15) is 40.3 Å². The molecule has 0 radical (unpaired) electrons. The molecule has 1 aromatic carbocycles. The number of hydrogen-bond acceptors (Lipinski definition) is 4. The number of amides is 3. The molecule has 4 rings (SSSR count). The quantitative estimate of drug-likeness (QED) is 0.199. The summed E-state index contributed by atoms with van der Waals surface area (Å²) in [6.45, 7) is 2.10. The minimum Gasteiger partial charge on any atom is -0.328 e. The predicted octanol–water partition coefficient (Wildman–Crippen LogP) is 7.86. The summed E-state index contributed by atoms with van der Waals surface area (Å²) in [6, 6.07) is 0.876. The molecule has 1 saturated carbocycles. The lowest BCUT2D eigenvalue weighted by Gasteiger charge is -2.30. The Balaban J connectivity index is 1.71. The number of nitrogens with zero attached hydrogens (tertiary/aromatic N) is 5. The number of rotatable bonds is 6. The van der Waals surface area contributed by atoms with Gasteiger partial charge in [-0.25, -0.2) is 18.9 Å². The zero-order chi connectivity index (χ0) is 31.4. The van der Waals surface area contributed by atoms with Crippen LogP contribution in [0.3, 0.4) is 0 Å². The Hall–Kier alpha value is -3.10. The highest BCUT2D eigenvalue weighted by Gasteiger charge is 2.73. The van der Waals surface area contributed by atoms with Crippen LogP contribution in [0.2, 0.25) is 15.2 Å². The van der Waals surface area contributed by atoms with Gasteiger partial charge in [0.25, 0.3) is 5.91 Å². The van der Waals surface area contributed by atoms with E-state index in [0.717, 1.165) is 9.58 Å². The molecule has 0 bridgehead atoms. The van der Waals surface area contributed by atoms with Gasteiger partial charge in [0, 0.05) is 48.7 Å². The fourth-order valence-electron chi connectivity index (χ4n) is 4.01. The monoisotopic (exact) mass is 659 g/mol. The molecule has 2 aromatic heterocycles. The lowest BCUT2D eigenvalue weighted by atomic mass is 9.94. The lowest BCUT2D eigenvalue weighted by Crippen LogP contribution is -2.50. The molecule has 0 unspecified atom stereocenters. The number of carbonyl (C=O) groups excluding carboxylic acids is 2. The maximum atomic E-state index is 14.6. The summed E-state index contributed by atoms with van der Waals surface area (Å²) in [4.78, 5) is 32.7. The van der Waals surface area contributed by atoms with E-state index in [1.807, 2.05) is 0 Å². The summed E-state index contributed by atoms with van der Waals surface area (Å²) in [7, 11) is 1.54. The fraction of sp³-hybridized carbons (Fsp3) is 0.360. The van der Waals surface area contributed by atoms with Crippen LogP contribution in [-0.2, 0) is 5.67 Å². The van der Waals surface area contributed by atoms with Gasteiger partial charge < -0.3 is 4.90 Å². The normalized spacial score (nSPS) is 14.2. The Morgan fingerprint density at radius 2 is 1.52 bits per heavy atom. The molecule has 7 nitrogen and oxygen atoms in total. The second-order valence-electron chi connectivity index (χ2n) is 9.38. The topological polar surface area (TPSA) is 71.3 Å². The summed E-state index contributed by atoms with van der Waals surface area (Å²) in [5.74, 6) is -0.680. The Morgan fingerprint density at radius 1 is 0.952 bits per heavy atom. The molecule has 17 heteroatoms. The number of urea groups is 1. The molecule has 3 aromatic rings. The van der Waals surface area contributed by atoms with Crippen molar-refractivity contribution >= 4 is 46.7 Å². The first-order chi connectivity index (χ1) is 19.4. The van der Waals surface area contributed by atoms with Crippen molar-refractivity contribution in [3.05, 3.63) is 63.1 Å². The van der Waals surface area contributed by atoms with Crippen LogP contribution < -0.4 is 0 Å². The molecule has 1 aliphatic carbocycles. The third-order valence-electron chi connectivity index (χ3n) is 6.55. The average Bonchev–Trinajstić information content (AvgIpc) is 3.61. The van der Waals surface area contributed by atoms with Gasteiger partial charge in [-0.15, -0.1) is 0 Å². The van der Waals surface area contributed by atoms with Crippen LogP contribution in [0, 0.1) is 0 Å². The van der Waals surface area contributed by atoms with E-state index in [2.05, 4.69) is 10.1 Å². The minimum absolute atomic E-state index is 0.0920. The molecule has 1 fully saturated rings. The van der Waals surface area contributed by atoms with Crippen LogP contribution in [0.4, 0.5) is 35.5 Å². The smallest absolute Gasteiger partial charge is 0.328 e. The second kappa shape index (κ2) is 11.2. The zero-order valence-electron chi connectivity index (χ0n) is 21.5. The lowest BCUT2D eigenvalue weighted by molar-refractivity contribution is -0.348.